The van der Waals surface area contributed by atoms with Crippen LogP contribution < -0.4 is 21.0 Å². The molecule has 128 valence electrons. The molecule has 3 aromatic rings. The second-order valence-electron chi connectivity index (χ2n) is 5.44. The highest BCUT2D eigenvalue weighted by atomic mass is 32.1. The topological polar surface area (TPSA) is 115 Å². The molecule has 26 heavy (non-hydrogen) atoms. The van der Waals surface area contributed by atoms with Gasteiger partial charge in [-0.3, -0.25) is 4.79 Å². The Morgan fingerprint density at radius 1 is 1.12 bits per heavy atom. The molecule has 1 aliphatic heterocycles. The molecule has 0 aliphatic carbocycles. The number of amides is 1. The Kier molecular flexibility index (Phi) is 3.74. The Bertz CT molecular complexity index is 1180. The molecular formula is C18H10N3O4S-. The summed E-state index contributed by atoms with van der Waals surface area (Å²) in [6.45, 7) is 0. The number of nitrogens with one attached hydrogen (secondary N) is 1. The first-order valence-electron chi connectivity index (χ1n) is 7.54. The third-order valence-corrected chi connectivity index (χ3v) is 4.81. The quantitative estimate of drug-likeness (QED) is 0.689. The number of hydrogen-bond donors (Lipinski definition) is 2. The number of carboxylic acid groups (broad SMARTS) is 1. The number of carbonyl (C=O) groups excluding carboxylic acids is 2. The largest absolute Gasteiger partial charge is 0.545 e. The molecule has 2 aromatic carbocycles. The summed E-state index contributed by atoms with van der Waals surface area (Å²) in [6, 6.07) is 13.2. The average Bonchev–Trinajstić information content (AvgIpc) is 3.13. The fraction of sp³-hybridized carbons (Fsp3) is 0. The third kappa shape index (κ3) is 2.62. The van der Waals surface area contributed by atoms with Crippen molar-refractivity contribution in [3.8, 4) is 5.88 Å². The van der Waals surface area contributed by atoms with Gasteiger partial charge in [-0.2, -0.15) is 4.98 Å². The van der Waals surface area contributed by atoms with Crippen LogP contribution in [0.1, 0.15) is 15.2 Å². The van der Waals surface area contributed by atoms with E-state index in [0.717, 1.165) is 11.3 Å². The molecule has 0 bridgehead atoms. The lowest BCUT2D eigenvalue weighted by Gasteiger charge is -2.10. The van der Waals surface area contributed by atoms with Gasteiger partial charge < -0.3 is 20.3 Å². The maximum absolute atomic E-state index is 12.3. The summed E-state index contributed by atoms with van der Waals surface area (Å²) in [5, 5.41) is 25.7. The van der Waals surface area contributed by atoms with Crippen LogP contribution in [-0.2, 0) is 4.79 Å². The second-order valence-corrected chi connectivity index (χ2v) is 6.44. The average molecular weight is 364 g/mol. The Morgan fingerprint density at radius 2 is 1.85 bits per heavy atom. The number of thiazole rings is 1. The van der Waals surface area contributed by atoms with Gasteiger partial charge in [0, 0.05) is 16.5 Å². The smallest absolute Gasteiger partial charge is 0.279 e. The number of aromatic hydroxyl groups is 1. The maximum atomic E-state index is 12.3. The van der Waals surface area contributed by atoms with Gasteiger partial charge in [-0.1, -0.05) is 47.7 Å². The second kappa shape index (κ2) is 6.08. The van der Waals surface area contributed by atoms with E-state index in [4.69, 9.17) is 0 Å². The van der Waals surface area contributed by atoms with Crippen molar-refractivity contribution in [3.05, 3.63) is 69.5 Å². The van der Waals surface area contributed by atoms with Gasteiger partial charge in [-0.15, -0.1) is 0 Å². The van der Waals surface area contributed by atoms with Crippen LogP contribution in [0.15, 0.2) is 53.5 Å². The number of aromatic carboxylic acids is 1. The summed E-state index contributed by atoms with van der Waals surface area (Å²) in [4.78, 5) is 31.7. The summed E-state index contributed by atoms with van der Waals surface area (Å²) in [5.41, 5.74) is 0.520. The molecule has 0 saturated carbocycles. The van der Waals surface area contributed by atoms with Crippen molar-refractivity contribution in [2.24, 2.45) is 4.99 Å². The van der Waals surface area contributed by atoms with Crippen LogP contribution in [0.4, 0.5) is 10.8 Å². The number of rotatable bonds is 4. The van der Waals surface area contributed by atoms with Gasteiger partial charge in [0.15, 0.2) is 5.13 Å². The molecule has 0 atom stereocenters. The zero-order chi connectivity index (χ0) is 18.3. The molecule has 8 heteroatoms. The molecule has 7 nitrogen and oxygen atoms in total. The number of carboxylic acids is 1. The number of fused-ring (bicyclic) bond motifs is 1. The zero-order valence-corrected chi connectivity index (χ0v) is 13.9. The highest BCUT2D eigenvalue weighted by molar-refractivity contribution is 7.17. The summed E-state index contributed by atoms with van der Waals surface area (Å²) >= 11 is 1.04. The van der Waals surface area contributed by atoms with E-state index in [9.17, 15) is 19.8 Å². The van der Waals surface area contributed by atoms with E-state index in [1.807, 2.05) is 0 Å². The van der Waals surface area contributed by atoms with Crippen molar-refractivity contribution >= 4 is 39.6 Å². The first-order valence-corrected chi connectivity index (χ1v) is 8.36. The van der Waals surface area contributed by atoms with Crippen molar-refractivity contribution in [1.29, 1.82) is 0 Å². The highest BCUT2D eigenvalue weighted by Crippen LogP contribution is 2.35. The highest BCUT2D eigenvalue weighted by Gasteiger charge is 2.24. The number of para-hydroxylation sites is 2. The van der Waals surface area contributed by atoms with Gasteiger partial charge in [0.05, 0.1) is 16.9 Å². The summed E-state index contributed by atoms with van der Waals surface area (Å²) < 4.78 is 0. The van der Waals surface area contributed by atoms with Crippen molar-refractivity contribution in [2.45, 2.75) is 0 Å². The van der Waals surface area contributed by atoms with Crippen LogP contribution in [0.2, 0.25) is 0 Å². The molecule has 0 unspecified atom stereocenters. The SMILES string of the molecule is O=C1N=c2ccccc2=C1c1sc(Nc2ccccc2C(=O)[O-])nc1O. The summed E-state index contributed by atoms with van der Waals surface area (Å²) in [7, 11) is 0. The number of anilines is 2. The van der Waals surface area contributed by atoms with Crippen molar-refractivity contribution < 1.29 is 19.8 Å². The lowest BCUT2D eigenvalue weighted by Crippen LogP contribution is -2.23. The number of nitrogens with zero attached hydrogens (tertiary/aromatic N) is 2. The normalized spacial score (nSPS) is 12.6. The summed E-state index contributed by atoms with van der Waals surface area (Å²) in [5.74, 6) is -2.10. The molecule has 0 fully saturated rings. The minimum absolute atomic E-state index is 0.0336. The van der Waals surface area contributed by atoms with Gasteiger partial charge in [0.2, 0.25) is 5.88 Å². The monoisotopic (exact) mass is 364 g/mol. The molecule has 2 N–H and O–H groups in total. The summed E-state index contributed by atoms with van der Waals surface area (Å²) in [6.07, 6.45) is 0. The van der Waals surface area contributed by atoms with Crippen molar-refractivity contribution in [3.63, 3.8) is 0 Å². The Labute approximate surface area is 150 Å². The Hall–Kier alpha value is -3.52. The molecule has 2 heterocycles. The van der Waals surface area contributed by atoms with Crippen molar-refractivity contribution in [2.75, 3.05) is 5.32 Å². The van der Waals surface area contributed by atoms with Gasteiger partial charge in [0.1, 0.15) is 4.88 Å². The van der Waals surface area contributed by atoms with E-state index in [0.29, 0.717) is 10.6 Å². The lowest BCUT2D eigenvalue weighted by molar-refractivity contribution is -0.254. The van der Waals surface area contributed by atoms with Gasteiger partial charge in [0.25, 0.3) is 5.91 Å². The molecule has 4 rings (SSSR count). The lowest BCUT2D eigenvalue weighted by atomic mass is 10.1. The number of carbonyl (C=O) groups is 2. The maximum Gasteiger partial charge on any atom is 0.279 e. The van der Waals surface area contributed by atoms with Crippen LogP contribution in [-0.4, -0.2) is 22.0 Å². The zero-order valence-electron chi connectivity index (χ0n) is 13.1. The number of hydrogen-bond acceptors (Lipinski definition) is 7. The van der Waals surface area contributed by atoms with E-state index in [1.54, 1.807) is 42.5 Å². The van der Waals surface area contributed by atoms with Crippen LogP contribution in [0, 0.1) is 0 Å². The van der Waals surface area contributed by atoms with E-state index < -0.39 is 11.9 Å². The van der Waals surface area contributed by atoms with E-state index >= 15 is 0 Å². The fourth-order valence-electron chi connectivity index (χ4n) is 2.70. The van der Waals surface area contributed by atoms with Crippen molar-refractivity contribution in [1.82, 2.24) is 4.98 Å². The van der Waals surface area contributed by atoms with E-state index in [1.165, 1.54) is 6.07 Å². The third-order valence-electron chi connectivity index (χ3n) is 3.83. The number of aromatic nitrogens is 1. The standard InChI is InChI=1S/C18H11N3O4S/c22-15-13(9-5-1-3-7-11(9)19-15)14-16(23)21-18(26-14)20-12-8-4-2-6-10(12)17(24)25/h1-8,23H,(H,20,21)(H,24,25)/p-1. The van der Waals surface area contributed by atoms with Gasteiger partial charge in [-0.05, 0) is 12.1 Å². The molecule has 0 radical (unpaired) electrons. The predicted octanol–water partition coefficient (Wildman–Crippen LogP) is 0.315. The first kappa shape index (κ1) is 16.0. The van der Waals surface area contributed by atoms with Crippen LogP contribution in [0.3, 0.4) is 0 Å². The number of benzene rings is 2. The minimum atomic E-state index is -1.33. The predicted molar refractivity (Wildman–Crippen MR) is 92.6 cm³/mol. The molecule has 0 saturated heterocycles. The molecular weight excluding hydrogens is 354 g/mol. The molecule has 1 aliphatic rings. The van der Waals surface area contributed by atoms with E-state index in [2.05, 4.69) is 15.3 Å². The Balaban J connectivity index is 1.78. The fourth-order valence-corrected chi connectivity index (χ4v) is 3.62. The van der Waals surface area contributed by atoms with Gasteiger partial charge in [-0.25, -0.2) is 4.99 Å². The van der Waals surface area contributed by atoms with E-state index in [-0.39, 0.29) is 32.7 Å². The van der Waals surface area contributed by atoms with Crippen LogP contribution >= 0.6 is 11.3 Å². The first-order chi connectivity index (χ1) is 12.5. The van der Waals surface area contributed by atoms with Crippen LogP contribution in [0.25, 0.3) is 5.57 Å². The molecule has 0 spiro atoms. The van der Waals surface area contributed by atoms with Crippen LogP contribution in [0.5, 0.6) is 5.88 Å². The minimum Gasteiger partial charge on any atom is -0.545 e. The molecule has 1 aromatic heterocycles. The molecule has 1 amide bonds. The Morgan fingerprint density at radius 3 is 2.65 bits per heavy atom. The van der Waals surface area contributed by atoms with Gasteiger partial charge >= 0.3 is 0 Å².